The smallest absolute Gasteiger partial charge is 0.325 e. The van der Waals surface area contributed by atoms with Crippen molar-refractivity contribution in [1.29, 1.82) is 0 Å². The van der Waals surface area contributed by atoms with E-state index in [2.05, 4.69) is 19.2 Å². The Hall–Kier alpha value is -2.79. The van der Waals surface area contributed by atoms with Crippen molar-refractivity contribution in [1.82, 2.24) is 0 Å². The Balaban J connectivity index is 1.96. The Kier molecular flexibility index (Phi) is 5.33. The zero-order valence-corrected chi connectivity index (χ0v) is 18.1. The second-order valence-electron chi connectivity index (χ2n) is 8.63. The fourth-order valence-electron chi connectivity index (χ4n) is 4.42. The van der Waals surface area contributed by atoms with Crippen molar-refractivity contribution < 1.29 is 14.3 Å². The minimum atomic E-state index is -0.420. The number of hydrogen-bond acceptors (Lipinski definition) is 5. The molecule has 0 radical (unpaired) electrons. The Morgan fingerprint density at radius 3 is 2.57 bits per heavy atom. The molecule has 2 aromatic rings. The van der Waals surface area contributed by atoms with Gasteiger partial charge in [-0.25, -0.2) is 0 Å². The lowest BCUT2D eigenvalue weighted by atomic mass is 9.73. The van der Waals surface area contributed by atoms with Crippen LogP contribution in [0, 0.1) is 5.41 Å². The minimum Gasteiger partial charge on any atom is -0.468 e. The predicted molar refractivity (Wildman–Crippen MR) is 119 cm³/mol. The van der Waals surface area contributed by atoms with E-state index >= 15 is 0 Å². The number of Topliss-reactive ketones (excluding diaryl/α,β-unsaturated/α-hetero) is 1. The summed E-state index contributed by atoms with van der Waals surface area (Å²) in [5, 5.41) is 4.14. The number of rotatable bonds is 3. The van der Waals surface area contributed by atoms with Crippen LogP contribution in [0.1, 0.15) is 38.3 Å². The van der Waals surface area contributed by atoms with Gasteiger partial charge < -0.3 is 15.0 Å². The second-order valence-corrected chi connectivity index (χ2v) is 9.07. The first kappa shape index (κ1) is 20.5. The van der Waals surface area contributed by atoms with Gasteiger partial charge in [0.2, 0.25) is 0 Å². The quantitative estimate of drug-likeness (QED) is 0.692. The zero-order valence-electron chi connectivity index (χ0n) is 17.4. The lowest BCUT2D eigenvalue weighted by Crippen LogP contribution is -2.39. The van der Waals surface area contributed by atoms with Crippen LogP contribution in [0.25, 0.3) is 0 Å². The largest absolute Gasteiger partial charge is 0.468 e. The second kappa shape index (κ2) is 7.80. The van der Waals surface area contributed by atoms with E-state index < -0.39 is 6.04 Å². The summed E-state index contributed by atoms with van der Waals surface area (Å²) in [7, 11) is 1.38. The number of allylic oxidation sites excluding steroid dienone is 1. The Morgan fingerprint density at radius 1 is 1.17 bits per heavy atom. The number of carbonyl (C=O) groups excluding carboxylic acids is 2. The molecule has 0 spiro atoms. The molecule has 1 atom stereocenters. The van der Waals surface area contributed by atoms with Gasteiger partial charge in [-0.2, -0.15) is 0 Å². The van der Waals surface area contributed by atoms with E-state index in [9.17, 15) is 9.59 Å². The maximum Gasteiger partial charge on any atom is 0.325 e. The van der Waals surface area contributed by atoms with Gasteiger partial charge in [0.25, 0.3) is 0 Å². The topological polar surface area (TPSA) is 58.6 Å². The molecule has 0 fully saturated rings. The molecule has 5 nitrogen and oxygen atoms in total. The minimum absolute atomic E-state index is 0.0237. The maximum absolute atomic E-state index is 13.4. The first-order valence-electron chi connectivity index (χ1n) is 10.0. The van der Waals surface area contributed by atoms with Gasteiger partial charge in [-0.3, -0.25) is 9.59 Å². The van der Waals surface area contributed by atoms with E-state index in [4.69, 9.17) is 16.3 Å². The van der Waals surface area contributed by atoms with Crippen LogP contribution < -0.4 is 10.2 Å². The van der Waals surface area contributed by atoms with Gasteiger partial charge in [0.1, 0.15) is 6.54 Å². The molecule has 1 aliphatic heterocycles. The number of nitrogens with zero attached hydrogens (tertiary/aromatic N) is 1. The van der Waals surface area contributed by atoms with Crippen LogP contribution >= 0.6 is 11.6 Å². The van der Waals surface area contributed by atoms with Crippen LogP contribution in [0.3, 0.4) is 0 Å². The van der Waals surface area contributed by atoms with Gasteiger partial charge in [-0.15, -0.1) is 0 Å². The number of carbonyl (C=O) groups is 2. The third kappa shape index (κ3) is 3.82. The molecular formula is C24H25ClN2O3. The van der Waals surface area contributed by atoms with Crippen molar-refractivity contribution in [2.24, 2.45) is 5.41 Å². The van der Waals surface area contributed by atoms with Crippen molar-refractivity contribution >= 4 is 34.7 Å². The molecule has 0 amide bonds. The monoisotopic (exact) mass is 424 g/mol. The summed E-state index contributed by atoms with van der Waals surface area (Å²) >= 11 is 6.13. The number of nitrogens with one attached hydrogen (secondary N) is 1. The molecule has 2 aromatic carbocycles. The van der Waals surface area contributed by atoms with Crippen LogP contribution in [0.15, 0.2) is 59.8 Å². The molecule has 156 valence electrons. The van der Waals surface area contributed by atoms with Crippen LogP contribution in [0.2, 0.25) is 5.02 Å². The molecule has 0 saturated heterocycles. The van der Waals surface area contributed by atoms with E-state index in [1.165, 1.54) is 7.11 Å². The van der Waals surface area contributed by atoms with E-state index in [0.29, 0.717) is 17.0 Å². The Morgan fingerprint density at radius 2 is 1.87 bits per heavy atom. The summed E-state index contributed by atoms with van der Waals surface area (Å²) in [5.74, 6) is -0.271. The highest BCUT2D eigenvalue weighted by atomic mass is 35.5. The van der Waals surface area contributed by atoms with Gasteiger partial charge in [0.15, 0.2) is 5.78 Å². The molecule has 0 bridgehead atoms. The zero-order chi connectivity index (χ0) is 21.5. The van der Waals surface area contributed by atoms with E-state index in [1.807, 2.05) is 53.4 Å². The number of benzene rings is 2. The number of esters is 1. The van der Waals surface area contributed by atoms with Gasteiger partial charge in [0.05, 0.1) is 24.5 Å². The first-order valence-corrected chi connectivity index (χ1v) is 10.4. The number of ether oxygens (including phenoxy) is 1. The summed E-state index contributed by atoms with van der Waals surface area (Å²) in [6.07, 6.45) is 1.21. The highest BCUT2D eigenvalue weighted by molar-refractivity contribution is 6.30. The molecule has 30 heavy (non-hydrogen) atoms. The average Bonchev–Trinajstić information content (AvgIpc) is 2.82. The van der Waals surface area contributed by atoms with Crippen molar-refractivity contribution in [3.8, 4) is 0 Å². The van der Waals surface area contributed by atoms with Gasteiger partial charge >= 0.3 is 5.97 Å². The third-order valence-corrected chi connectivity index (χ3v) is 5.97. The van der Waals surface area contributed by atoms with E-state index in [0.717, 1.165) is 29.1 Å². The summed E-state index contributed by atoms with van der Waals surface area (Å²) < 4.78 is 4.98. The predicted octanol–water partition coefficient (Wildman–Crippen LogP) is 5.13. The summed E-state index contributed by atoms with van der Waals surface area (Å²) in [6, 6.07) is 14.9. The van der Waals surface area contributed by atoms with Gasteiger partial charge in [-0.1, -0.05) is 49.7 Å². The van der Waals surface area contributed by atoms with E-state index in [-0.39, 0.29) is 23.7 Å². The Labute approximate surface area is 181 Å². The van der Waals surface area contributed by atoms with Crippen LogP contribution in [0.4, 0.5) is 11.4 Å². The lowest BCUT2D eigenvalue weighted by molar-refractivity contribution is -0.139. The molecule has 1 N–H and O–H groups in total. The number of fused-ring (bicyclic) bond motifs is 1. The third-order valence-electron chi connectivity index (χ3n) is 5.72. The fraction of sp³-hybridized carbons (Fsp3) is 0.333. The number of anilines is 2. The molecule has 1 heterocycles. The number of methoxy groups -OCH3 is 1. The maximum atomic E-state index is 13.4. The summed E-state index contributed by atoms with van der Waals surface area (Å²) in [6.45, 7) is 4.24. The molecule has 4 rings (SSSR count). The first-order chi connectivity index (χ1) is 14.3. The normalized spacial score (nSPS) is 20.1. The van der Waals surface area contributed by atoms with Crippen LogP contribution in [-0.2, 0) is 14.3 Å². The van der Waals surface area contributed by atoms with Gasteiger partial charge in [-0.05, 0) is 41.7 Å². The van der Waals surface area contributed by atoms with Crippen molar-refractivity contribution in [2.75, 3.05) is 23.9 Å². The fourth-order valence-corrected chi connectivity index (χ4v) is 4.55. The molecule has 1 aliphatic carbocycles. The highest BCUT2D eigenvalue weighted by Gasteiger charge is 2.41. The van der Waals surface area contributed by atoms with Crippen molar-refractivity contribution in [2.45, 2.75) is 32.7 Å². The number of hydrogen-bond donors (Lipinski definition) is 1. The summed E-state index contributed by atoms with van der Waals surface area (Å²) in [4.78, 5) is 27.8. The van der Waals surface area contributed by atoms with E-state index in [1.54, 1.807) is 0 Å². The standard InChI is InChI=1S/C24H25ClN2O3/c1-24(2)12-18-22(20(28)13-24)23(15-8-10-16(25)11-9-15)27(14-21(29)30-3)19-7-5-4-6-17(19)26-18/h4-11,23,26H,12-14H2,1-3H3. The molecule has 6 heteroatoms. The van der Waals surface area contributed by atoms with Crippen molar-refractivity contribution in [3.05, 3.63) is 70.4 Å². The number of ketones is 1. The number of halogens is 1. The molecule has 1 unspecified atom stereocenters. The highest BCUT2D eigenvalue weighted by Crippen LogP contribution is 2.48. The van der Waals surface area contributed by atoms with Gasteiger partial charge in [0, 0.05) is 22.7 Å². The molecular weight excluding hydrogens is 400 g/mol. The van der Waals surface area contributed by atoms with Crippen LogP contribution in [-0.4, -0.2) is 25.4 Å². The van der Waals surface area contributed by atoms with Crippen molar-refractivity contribution in [3.63, 3.8) is 0 Å². The van der Waals surface area contributed by atoms with Crippen LogP contribution in [0.5, 0.6) is 0 Å². The number of para-hydroxylation sites is 2. The molecule has 0 aromatic heterocycles. The molecule has 2 aliphatic rings. The lowest BCUT2D eigenvalue weighted by Gasteiger charge is -2.37. The Bertz CT molecular complexity index is 1030. The summed E-state index contributed by atoms with van der Waals surface area (Å²) in [5.41, 5.74) is 4.11. The molecule has 0 saturated carbocycles. The SMILES string of the molecule is COC(=O)CN1c2ccccc2NC2=C(C(=O)CC(C)(C)C2)C1c1ccc(Cl)cc1. The average molecular weight is 425 g/mol.